The van der Waals surface area contributed by atoms with Crippen molar-refractivity contribution in [3.8, 4) is 0 Å². The first-order chi connectivity index (χ1) is 8.66. The number of carbonyl (C=O) groups is 1. The normalized spacial score (nSPS) is 16.6. The van der Waals surface area contributed by atoms with Crippen molar-refractivity contribution in [1.82, 2.24) is 10.6 Å². The van der Waals surface area contributed by atoms with Crippen molar-refractivity contribution in [3.63, 3.8) is 0 Å². The number of carbonyl (C=O) groups excluding carboxylic acids is 1. The molecule has 0 bridgehead atoms. The van der Waals surface area contributed by atoms with Crippen molar-refractivity contribution in [3.05, 3.63) is 0 Å². The fourth-order valence-electron chi connectivity index (χ4n) is 2.08. The van der Waals surface area contributed by atoms with Crippen molar-refractivity contribution >= 4 is 6.03 Å². The number of hydrogen-bond acceptors (Lipinski definition) is 3. The zero-order valence-electron chi connectivity index (χ0n) is 13.1. The van der Waals surface area contributed by atoms with E-state index in [4.69, 9.17) is 4.74 Å². The Balaban J connectivity index is 3.91. The molecule has 0 saturated carbocycles. The summed E-state index contributed by atoms with van der Waals surface area (Å²) in [5, 5.41) is 15.0. The Kier molecular flexibility index (Phi) is 8.02. The van der Waals surface area contributed by atoms with Crippen LogP contribution in [0.4, 0.5) is 4.79 Å². The van der Waals surface area contributed by atoms with Gasteiger partial charge in [-0.15, -0.1) is 0 Å². The molecule has 5 nitrogen and oxygen atoms in total. The summed E-state index contributed by atoms with van der Waals surface area (Å²) in [6, 6.07) is -0.126. The van der Waals surface area contributed by atoms with Crippen LogP contribution in [0.1, 0.15) is 47.5 Å². The van der Waals surface area contributed by atoms with E-state index in [1.165, 1.54) is 0 Å². The first-order valence-electron chi connectivity index (χ1n) is 6.94. The third-order valence-corrected chi connectivity index (χ3v) is 3.08. The second kappa shape index (κ2) is 8.38. The van der Waals surface area contributed by atoms with E-state index in [9.17, 15) is 9.90 Å². The lowest BCUT2D eigenvalue weighted by Gasteiger charge is -2.27. The van der Waals surface area contributed by atoms with Crippen LogP contribution in [0.5, 0.6) is 0 Å². The molecule has 0 spiro atoms. The molecule has 0 aromatic carbocycles. The molecule has 5 heteroatoms. The summed E-state index contributed by atoms with van der Waals surface area (Å²) in [6.07, 6.45) is 1.11. The average molecular weight is 274 g/mol. The SMILES string of the molecule is COC(C)(C)CC(C)NC(=O)NCC(C)CC(C)O. The highest BCUT2D eigenvalue weighted by Crippen LogP contribution is 2.15. The van der Waals surface area contributed by atoms with Gasteiger partial charge < -0.3 is 20.5 Å². The molecule has 19 heavy (non-hydrogen) atoms. The van der Waals surface area contributed by atoms with Gasteiger partial charge in [0.1, 0.15) is 0 Å². The molecule has 0 aromatic rings. The molecule has 2 amide bonds. The van der Waals surface area contributed by atoms with Gasteiger partial charge in [0.25, 0.3) is 0 Å². The molecule has 0 saturated heterocycles. The largest absolute Gasteiger partial charge is 0.393 e. The third kappa shape index (κ3) is 9.73. The van der Waals surface area contributed by atoms with E-state index in [0.29, 0.717) is 13.0 Å². The van der Waals surface area contributed by atoms with Gasteiger partial charge in [-0.25, -0.2) is 4.79 Å². The number of urea groups is 1. The molecule has 3 unspecified atom stereocenters. The van der Waals surface area contributed by atoms with Crippen molar-refractivity contribution < 1.29 is 14.6 Å². The Morgan fingerprint density at radius 3 is 2.37 bits per heavy atom. The van der Waals surface area contributed by atoms with Gasteiger partial charge in [0.2, 0.25) is 0 Å². The summed E-state index contributed by atoms with van der Waals surface area (Å²) < 4.78 is 5.33. The molecule has 3 N–H and O–H groups in total. The molecular weight excluding hydrogens is 244 g/mol. The van der Waals surface area contributed by atoms with E-state index >= 15 is 0 Å². The first kappa shape index (κ1) is 18.2. The molecule has 114 valence electrons. The van der Waals surface area contributed by atoms with Gasteiger partial charge in [0, 0.05) is 19.7 Å². The molecule has 0 heterocycles. The highest BCUT2D eigenvalue weighted by molar-refractivity contribution is 5.74. The van der Waals surface area contributed by atoms with Gasteiger partial charge in [-0.1, -0.05) is 6.92 Å². The lowest BCUT2D eigenvalue weighted by Crippen LogP contribution is -2.45. The van der Waals surface area contributed by atoms with Crippen LogP contribution in [0.2, 0.25) is 0 Å². The van der Waals surface area contributed by atoms with E-state index in [1.54, 1.807) is 14.0 Å². The molecule has 0 fully saturated rings. The minimum absolute atomic E-state index is 0.0435. The molecule has 0 rings (SSSR count). The quantitative estimate of drug-likeness (QED) is 0.633. The second-order valence-electron chi connectivity index (χ2n) is 6.11. The Labute approximate surface area is 117 Å². The Morgan fingerprint density at radius 2 is 1.89 bits per heavy atom. The van der Waals surface area contributed by atoms with Crippen LogP contribution in [0.15, 0.2) is 0 Å². The van der Waals surface area contributed by atoms with Gasteiger partial charge in [0.15, 0.2) is 0 Å². The highest BCUT2D eigenvalue weighted by Gasteiger charge is 2.21. The summed E-state index contributed by atoms with van der Waals surface area (Å²) in [6.45, 7) is 10.3. The molecule has 0 aliphatic heterocycles. The maximum atomic E-state index is 11.7. The lowest BCUT2D eigenvalue weighted by atomic mass is 10.00. The van der Waals surface area contributed by atoms with E-state index < -0.39 is 0 Å². The maximum Gasteiger partial charge on any atom is 0.315 e. The van der Waals surface area contributed by atoms with Crippen LogP contribution < -0.4 is 10.6 Å². The van der Waals surface area contributed by atoms with Crippen molar-refractivity contribution in [1.29, 1.82) is 0 Å². The van der Waals surface area contributed by atoms with Gasteiger partial charge in [-0.05, 0) is 46.5 Å². The minimum atomic E-state index is -0.332. The molecule has 0 aliphatic carbocycles. The van der Waals surface area contributed by atoms with E-state index in [-0.39, 0.29) is 29.7 Å². The van der Waals surface area contributed by atoms with Crippen molar-refractivity contribution in [2.45, 2.75) is 65.2 Å². The third-order valence-electron chi connectivity index (χ3n) is 3.08. The van der Waals surface area contributed by atoms with Gasteiger partial charge in [-0.2, -0.15) is 0 Å². The summed E-state index contributed by atoms with van der Waals surface area (Å²) in [5.41, 5.74) is -0.244. The van der Waals surface area contributed by atoms with Crippen LogP contribution >= 0.6 is 0 Å². The monoisotopic (exact) mass is 274 g/mol. The van der Waals surface area contributed by atoms with Crippen LogP contribution in [0, 0.1) is 5.92 Å². The molecule has 3 atom stereocenters. The Hall–Kier alpha value is -0.810. The van der Waals surface area contributed by atoms with Crippen LogP contribution in [0.25, 0.3) is 0 Å². The highest BCUT2D eigenvalue weighted by atomic mass is 16.5. The Bertz CT molecular complexity index is 267. The number of hydrogen-bond donors (Lipinski definition) is 3. The maximum absolute atomic E-state index is 11.7. The van der Waals surface area contributed by atoms with E-state index in [0.717, 1.165) is 6.42 Å². The zero-order chi connectivity index (χ0) is 15.1. The number of methoxy groups -OCH3 is 1. The summed E-state index contributed by atoms with van der Waals surface area (Å²) in [4.78, 5) is 11.7. The minimum Gasteiger partial charge on any atom is -0.393 e. The average Bonchev–Trinajstić information content (AvgIpc) is 2.24. The standard InChI is InChI=1S/C14H30N2O3/c1-10(7-12(3)17)9-15-13(18)16-11(2)8-14(4,5)19-6/h10-12,17H,7-9H2,1-6H3,(H2,15,16,18). The van der Waals surface area contributed by atoms with Gasteiger partial charge >= 0.3 is 6.03 Å². The number of aliphatic hydroxyl groups excluding tert-OH is 1. The number of ether oxygens (including phenoxy) is 1. The predicted molar refractivity (Wildman–Crippen MR) is 77.2 cm³/mol. The second-order valence-corrected chi connectivity index (χ2v) is 6.11. The Morgan fingerprint density at radius 1 is 1.32 bits per heavy atom. The van der Waals surface area contributed by atoms with Crippen LogP contribution in [-0.2, 0) is 4.74 Å². The smallest absolute Gasteiger partial charge is 0.315 e. The fourth-order valence-corrected chi connectivity index (χ4v) is 2.08. The van der Waals surface area contributed by atoms with Crippen LogP contribution in [-0.4, -0.2) is 42.5 Å². The zero-order valence-corrected chi connectivity index (χ0v) is 13.1. The summed E-state index contributed by atoms with van der Waals surface area (Å²) in [5.74, 6) is 0.261. The van der Waals surface area contributed by atoms with E-state index in [1.807, 2.05) is 27.7 Å². The van der Waals surface area contributed by atoms with E-state index in [2.05, 4.69) is 10.6 Å². The predicted octanol–water partition coefficient (Wildman–Crippen LogP) is 1.90. The summed E-state index contributed by atoms with van der Waals surface area (Å²) >= 11 is 0. The molecular formula is C14H30N2O3. The van der Waals surface area contributed by atoms with Crippen LogP contribution in [0.3, 0.4) is 0 Å². The summed E-state index contributed by atoms with van der Waals surface area (Å²) in [7, 11) is 1.67. The number of aliphatic hydroxyl groups is 1. The van der Waals surface area contributed by atoms with Crippen molar-refractivity contribution in [2.75, 3.05) is 13.7 Å². The molecule has 0 radical (unpaired) electrons. The number of amides is 2. The van der Waals surface area contributed by atoms with Gasteiger partial charge in [-0.3, -0.25) is 0 Å². The first-order valence-corrected chi connectivity index (χ1v) is 6.94. The van der Waals surface area contributed by atoms with Gasteiger partial charge in [0.05, 0.1) is 11.7 Å². The topological polar surface area (TPSA) is 70.6 Å². The fraction of sp³-hybridized carbons (Fsp3) is 0.929. The number of rotatable bonds is 8. The molecule has 0 aliphatic rings. The lowest BCUT2D eigenvalue weighted by molar-refractivity contribution is 0.00949. The van der Waals surface area contributed by atoms with Crippen molar-refractivity contribution in [2.24, 2.45) is 5.92 Å². The molecule has 0 aromatic heterocycles. The number of nitrogens with one attached hydrogen (secondary N) is 2.